The summed E-state index contributed by atoms with van der Waals surface area (Å²) in [5, 5.41) is 5.91. The first-order chi connectivity index (χ1) is 15.4. The number of primary amides is 1. The normalized spacial score (nSPS) is 19.4. The number of carbonyl (C=O) groups is 2. The number of hydrogen-bond acceptors (Lipinski definition) is 7. The van der Waals surface area contributed by atoms with Crippen molar-refractivity contribution in [1.82, 2.24) is 15.2 Å². The molecule has 0 spiro atoms. The van der Waals surface area contributed by atoms with E-state index in [-0.39, 0.29) is 10.9 Å². The smallest absolute Gasteiger partial charge is 0.338 e. The Morgan fingerprint density at radius 2 is 2.09 bits per heavy atom. The zero-order valence-electron chi connectivity index (χ0n) is 17.2. The van der Waals surface area contributed by atoms with Gasteiger partial charge in [0.25, 0.3) is 0 Å². The fourth-order valence-electron chi connectivity index (χ4n) is 4.01. The van der Waals surface area contributed by atoms with E-state index in [4.69, 9.17) is 27.1 Å². The molecule has 2 aliphatic heterocycles. The molecule has 2 amide bonds. The number of nitrogens with one attached hydrogen (secondary N) is 1. The fourth-order valence-corrected chi connectivity index (χ4v) is 4.87. The van der Waals surface area contributed by atoms with Gasteiger partial charge >= 0.3 is 12.0 Å². The first-order valence-electron chi connectivity index (χ1n) is 9.95. The molecular formula is C21H21ClFN5O3S. The quantitative estimate of drug-likeness (QED) is 0.657. The summed E-state index contributed by atoms with van der Waals surface area (Å²) < 4.78 is 18.8. The highest BCUT2D eigenvalue weighted by Crippen LogP contribution is 2.39. The first kappa shape index (κ1) is 22.2. The number of carbonyl (C=O) groups excluding carboxylic acids is 2. The van der Waals surface area contributed by atoms with Crippen molar-refractivity contribution in [2.24, 2.45) is 16.6 Å². The summed E-state index contributed by atoms with van der Waals surface area (Å²) in [5.74, 6) is -0.631. The fraction of sp³-hybridized carbons (Fsp3) is 0.333. The lowest BCUT2D eigenvalue weighted by Gasteiger charge is -2.36. The second-order valence-electron chi connectivity index (χ2n) is 7.43. The van der Waals surface area contributed by atoms with Crippen molar-refractivity contribution in [2.75, 3.05) is 20.2 Å². The zero-order chi connectivity index (χ0) is 22.8. The number of rotatable bonds is 4. The van der Waals surface area contributed by atoms with Crippen LogP contribution >= 0.6 is 22.9 Å². The van der Waals surface area contributed by atoms with Crippen molar-refractivity contribution in [2.45, 2.75) is 18.9 Å². The number of likely N-dealkylation sites (tertiary alicyclic amines) is 1. The number of amides is 2. The average molecular weight is 478 g/mol. The molecule has 1 aromatic heterocycles. The highest BCUT2D eigenvalue weighted by atomic mass is 35.5. The van der Waals surface area contributed by atoms with E-state index in [0.29, 0.717) is 53.6 Å². The Morgan fingerprint density at radius 3 is 2.69 bits per heavy atom. The van der Waals surface area contributed by atoms with Gasteiger partial charge in [-0.2, -0.15) is 0 Å². The monoisotopic (exact) mass is 477 g/mol. The molecule has 8 nitrogen and oxygen atoms in total. The second kappa shape index (κ2) is 9.25. The maximum atomic E-state index is 13.7. The average Bonchev–Trinajstić information content (AvgIpc) is 3.33. The largest absolute Gasteiger partial charge is 0.466 e. The Kier molecular flexibility index (Phi) is 6.43. The van der Waals surface area contributed by atoms with Crippen LogP contribution < -0.4 is 11.1 Å². The molecular weight excluding hydrogens is 457 g/mol. The highest BCUT2D eigenvalue weighted by molar-refractivity contribution is 7.11. The molecule has 168 valence electrons. The Bertz CT molecular complexity index is 1100. The number of aliphatic imine (C=N–C) groups is 1. The molecule has 11 heteroatoms. The molecule has 1 unspecified atom stereocenters. The third-order valence-corrected chi connectivity index (χ3v) is 6.69. The molecule has 3 N–H and O–H groups in total. The number of ether oxygens (including phenoxy) is 1. The number of nitrogens with zero attached hydrogens (tertiary/aromatic N) is 3. The van der Waals surface area contributed by atoms with E-state index < -0.39 is 23.9 Å². The lowest BCUT2D eigenvalue weighted by Crippen LogP contribution is -2.44. The topological polar surface area (TPSA) is 110 Å². The van der Waals surface area contributed by atoms with Crippen molar-refractivity contribution in [3.8, 4) is 0 Å². The van der Waals surface area contributed by atoms with Crippen LogP contribution in [0.1, 0.15) is 29.5 Å². The van der Waals surface area contributed by atoms with Crippen LogP contribution in [0.2, 0.25) is 5.02 Å². The summed E-state index contributed by atoms with van der Waals surface area (Å²) >= 11 is 7.76. The van der Waals surface area contributed by atoms with Gasteiger partial charge < -0.3 is 20.7 Å². The predicted octanol–water partition coefficient (Wildman–Crippen LogP) is 3.24. The highest BCUT2D eigenvalue weighted by Gasteiger charge is 2.37. The third kappa shape index (κ3) is 4.33. The molecule has 1 saturated heterocycles. The minimum absolute atomic E-state index is 0.0770. The number of urea groups is 1. The maximum Gasteiger partial charge on any atom is 0.338 e. The Balaban J connectivity index is 1.82. The standard InChI is InChI=1S/C21H21ClFN5O3S/c1-31-20(29)15-16(11-4-7-28(8-5-11)21(24)30)26-18(19-25-6-9-32-19)27-17(15)13-3-2-12(23)10-14(13)22/h2-3,6,9-11,17H,4-5,7-8H2,1H3,(H2,24,30)(H,26,27). The van der Waals surface area contributed by atoms with Crippen LogP contribution in [0.5, 0.6) is 0 Å². The van der Waals surface area contributed by atoms with E-state index in [9.17, 15) is 14.0 Å². The van der Waals surface area contributed by atoms with Gasteiger partial charge in [-0.3, -0.25) is 4.99 Å². The van der Waals surface area contributed by atoms with Crippen molar-refractivity contribution in [3.63, 3.8) is 0 Å². The minimum atomic E-state index is -0.806. The molecule has 1 atom stereocenters. The number of piperidine rings is 1. The van der Waals surface area contributed by atoms with Gasteiger partial charge in [0, 0.05) is 46.9 Å². The number of aromatic nitrogens is 1. The number of amidine groups is 1. The summed E-state index contributed by atoms with van der Waals surface area (Å²) in [6.07, 6.45) is 2.86. The van der Waals surface area contributed by atoms with Crippen molar-refractivity contribution in [3.05, 3.63) is 62.5 Å². The molecule has 4 rings (SSSR count). The number of allylic oxidation sites excluding steroid dienone is 1. The van der Waals surface area contributed by atoms with E-state index in [1.54, 1.807) is 11.1 Å². The van der Waals surface area contributed by atoms with Crippen LogP contribution in [-0.4, -0.2) is 47.9 Å². The van der Waals surface area contributed by atoms with Crippen molar-refractivity contribution in [1.29, 1.82) is 0 Å². The van der Waals surface area contributed by atoms with E-state index in [0.717, 1.165) is 0 Å². The molecule has 0 saturated carbocycles. The van der Waals surface area contributed by atoms with Gasteiger partial charge in [-0.25, -0.2) is 19.0 Å². The number of hydrogen-bond donors (Lipinski definition) is 2. The summed E-state index contributed by atoms with van der Waals surface area (Å²) in [4.78, 5) is 35.1. The zero-order valence-corrected chi connectivity index (χ0v) is 18.8. The lowest BCUT2D eigenvalue weighted by molar-refractivity contribution is -0.136. The predicted molar refractivity (Wildman–Crippen MR) is 119 cm³/mol. The maximum absolute atomic E-state index is 13.7. The van der Waals surface area contributed by atoms with Crippen molar-refractivity contribution < 1.29 is 18.7 Å². The van der Waals surface area contributed by atoms with E-state index in [2.05, 4.69) is 10.3 Å². The summed E-state index contributed by atoms with van der Waals surface area (Å²) in [6.45, 7) is 0.927. The SMILES string of the molecule is COC(=O)C1=C(C2CCN(C(N)=O)CC2)NC(c2nccs2)=NC1c1ccc(F)cc1Cl. The number of halogens is 2. The van der Waals surface area contributed by atoms with E-state index in [1.165, 1.54) is 36.6 Å². The third-order valence-electron chi connectivity index (χ3n) is 5.59. The summed E-state index contributed by atoms with van der Waals surface area (Å²) in [6, 6.07) is 2.72. The van der Waals surface area contributed by atoms with Gasteiger partial charge in [0.2, 0.25) is 0 Å². The second-order valence-corrected chi connectivity index (χ2v) is 8.73. The molecule has 2 aliphatic rings. The molecule has 32 heavy (non-hydrogen) atoms. The van der Waals surface area contributed by atoms with Crippen molar-refractivity contribution >= 4 is 40.8 Å². The minimum Gasteiger partial charge on any atom is -0.466 e. The summed E-state index contributed by atoms with van der Waals surface area (Å²) in [7, 11) is 1.30. The Morgan fingerprint density at radius 1 is 1.34 bits per heavy atom. The van der Waals surface area contributed by atoms with Crippen LogP contribution in [-0.2, 0) is 9.53 Å². The number of thiazole rings is 1. The molecule has 1 aromatic carbocycles. The van der Waals surface area contributed by atoms with Gasteiger partial charge in [-0.15, -0.1) is 11.3 Å². The number of esters is 1. The number of nitrogens with two attached hydrogens (primary N) is 1. The Labute approximate surface area is 192 Å². The van der Waals surface area contributed by atoms with E-state index in [1.807, 2.05) is 5.38 Å². The van der Waals surface area contributed by atoms with Crippen LogP contribution in [0.3, 0.4) is 0 Å². The molecule has 3 heterocycles. The molecule has 1 fully saturated rings. The van der Waals surface area contributed by atoms with Gasteiger partial charge in [0.05, 0.1) is 12.7 Å². The van der Waals surface area contributed by atoms with Gasteiger partial charge in [-0.05, 0) is 25.0 Å². The molecule has 0 bridgehead atoms. The van der Waals surface area contributed by atoms with E-state index >= 15 is 0 Å². The van der Waals surface area contributed by atoms with Crippen LogP contribution in [0.15, 0.2) is 46.0 Å². The van der Waals surface area contributed by atoms with Crippen LogP contribution in [0.4, 0.5) is 9.18 Å². The molecule has 0 radical (unpaired) electrons. The molecule has 0 aliphatic carbocycles. The van der Waals surface area contributed by atoms with Crippen LogP contribution in [0.25, 0.3) is 0 Å². The first-order valence-corrected chi connectivity index (χ1v) is 11.2. The Hall–Kier alpha value is -2.98. The number of benzene rings is 1. The number of methoxy groups -OCH3 is 1. The lowest BCUT2D eigenvalue weighted by atomic mass is 9.85. The van der Waals surface area contributed by atoms with Gasteiger partial charge in [0.1, 0.15) is 11.9 Å². The van der Waals surface area contributed by atoms with Crippen LogP contribution in [0, 0.1) is 11.7 Å². The van der Waals surface area contributed by atoms with Gasteiger partial charge in [0.15, 0.2) is 10.8 Å². The van der Waals surface area contributed by atoms with Gasteiger partial charge in [-0.1, -0.05) is 17.7 Å². The summed E-state index contributed by atoms with van der Waals surface area (Å²) in [5.41, 5.74) is 6.85. The molecule has 2 aromatic rings.